The van der Waals surface area contributed by atoms with Crippen molar-refractivity contribution in [2.24, 2.45) is 4.99 Å². The fourth-order valence-corrected chi connectivity index (χ4v) is 2.83. The lowest BCUT2D eigenvalue weighted by Crippen LogP contribution is -1.95. The van der Waals surface area contributed by atoms with E-state index in [0.29, 0.717) is 25.9 Å². The number of rotatable bonds is 5. The van der Waals surface area contributed by atoms with Crippen LogP contribution in [0.4, 0.5) is 9.52 Å². The van der Waals surface area contributed by atoms with Crippen molar-refractivity contribution < 1.29 is 9.13 Å². The monoisotopic (exact) mass is 381 g/mol. The minimum Gasteiger partial charge on any atom is -0.485 e. The topological polar surface area (TPSA) is 47.4 Å². The number of aliphatic imine (C=N–C) groups is 1. The Morgan fingerprint density at radius 2 is 1.92 bits per heavy atom. The van der Waals surface area contributed by atoms with Crippen LogP contribution in [0.15, 0.2) is 47.5 Å². The Bertz CT molecular complexity index is 868. The van der Waals surface area contributed by atoms with Crippen molar-refractivity contribution in [1.82, 2.24) is 10.2 Å². The SMILES string of the molecule is Fc1ccc(C=Nc2nnc(COc3ccc(Cl)cc3Cl)s2)cc1. The van der Waals surface area contributed by atoms with E-state index in [1.807, 2.05) is 0 Å². The molecule has 0 aliphatic rings. The minimum atomic E-state index is -0.289. The van der Waals surface area contributed by atoms with E-state index in [9.17, 15) is 4.39 Å². The average molecular weight is 382 g/mol. The second kappa shape index (κ2) is 7.70. The third-order valence-corrected chi connectivity index (χ3v) is 4.23. The Kier molecular flexibility index (Phi) is 5.40. The van der Waals surface area contributed by atoms with Crippen molar-refractivity contribution in [3.63, 3.8) is 0 Å². The third-order valence-electron chi connectivity index (χ3n) is 2.90. The molecule has 0 aliphatic heterocycles. The zero-order valence-electron chi connectivity index (χ0n) is 12.1. The number of ether oxygens (including phenoxy) is 1. The Hall–Kier alpha value is -2.02. The summed E-state index contributed by atoms with van der Waals surface area (Å²) in [4.78, 5) is 4.21. The van der Waals surface area contributed by atoms with E-state index < -0.39 is 0 Å². The lowest BCUT2D eigenvalue weighted by Gasteiger charge is -2.05. The largest absolute Gasteiger partial charge is 0.485 e. The molecule has 2 aromatic carbocycles. The first-order chi connectivity index (χ1) is 11.6. The van der Waals surface area contributed by atoms with Crippen LogP contribution in [0.2, 0.25) is 10.0 Å². The summed E-state index contributed by atoms with van der Waals surface area (Å²) in [7, 11) is 0. The van der Waals surface area contributed by atoms with Gasteiger partial charge in [-0.2, -0.15) is 0 Å². The van der Waals surface area contributed by atoms with Crippen LogP contribution in [0.1, 0.15) is 10.6 Å². The van der Waals surface area contributed by atoms with Crippen LogP contribution in [-0.4, -0.2) is 16.4 Å². The molecule has 0 fully saturated rings. The molecule has 0 radical (unpaired) electrons. The molecular formula is C16H10Cl2FN3OS. The zero-order chi connectivity index (χ0) is 16.9. The van der Waals surface area contributed by atoms with E-state index in [4.69, 9.17) is 27.9 Å². The molecule has 3 aromatic rings. The van der Waals surface area contributed by atoms with Gasteiger partial charge in [-0.3, -0.25) is 0 Å². The first kappa shape index (κ1) is 16.8. The molecule has 1 heterocycles. The maximum atomic E-state index is 12.8. The van der Waals surface area contributed by atoms with Crippen LogP contribution in [0.5, 0.6) is 5.75 Å². The fraction of sp³-hybridized carbons (Fsp3) is 0.0625. The minimum absolute atomic E-state index is 0.227. The number of hydrogen-bond donors (Lipinski definition) is 0. The molecule has 24 heavy (non-hydrogen) atoms. The molecular weight excluding hydrogens is 372 g/mol. The maximum Gasteiger partial charge on any atom is 0.231 e. The first-order valence-corrected chi connectivity index (χ1v) is 8.37. The van der Waals surface area contributed by atoms with E-state index in [1.54, 1.807) is 36.5 Å². The van der Waals surface area contributed by atoms with Gasteiger partial charge in [0.1, 0.15) is 18.2 Å². The van der Waals surface area contributed by atoms with Crippen LogP contribution < -0.4 is 4.74 Å². The predicted molar refractivity (Wildman–Crippen MR) is 94.4 cm³/mol. The Balaban J connectivity index is 1.62. The molecule has 4 nitrogen and oxygen atoms in total. The van der Waals surface area contributed by atoms with Crippen molar-refractivity contribution >= 4 is 45.9 Å². The summed E-state index contributed by atoms with van der Waals surface area (Å²) in [5.74, 6) is 0.232. The second-order valence-corrected chi connectivity index (χ2v) is 6.54. The molecule has 0 N–H and O–H groups in total. The van der Waals surface area contributed by atoms with Gasteiger partial charge < -0.3 is 4.74 Å². The Morgan fingerprint density at radius 3 is 2.67 bits per heavy atom. The summed E-state index contributed by atoms with van der Waals surface area (Å²) in [6.07, 6.45) is 1.60. The summed E-state index contributed by atoms with van der Waals surface area (Å²) in [6, 6.07) is 11.0. The molecule has 3 rings (SSSR count). The first-order valence-electron chi connectivity index (χ1n) is 6.80. The summed E-state index contributed by atoms with van der Waals surface area (Å²) in [5, 5.41) is 10.1. The van der Waals surface area contributed by atoms with E-state index in [0.717, 1.165) is 5.56 Å². The maximum absolute atomic E-state index is 12.8. The summed E-state index contributed by atoms with van der Waals surface area (Å²) in [5.41, 5.74) is 0.775. The van der Waals surface area contributed by atoms with Gasteiger partial charge in [0.2, 0.25) is 5.13 Å². The fourth-order valence-electron chi connectivity index (χ4n) is 1.77. The van der Waals surface area contributed by atoms with Crippen molar-refractivity contribution in [1.29, 1.82) is 0 Å². The molecule has 0 saturated heterocycles. The number of hydrogen-bond acceptors (Lipinski definition) is 5. The molecule has 0 spiro atoms. The smallest absolute Gasteiger partial charge is 0.231 e. The van der Waals surface area contributed by atoms with E-state index >= 15 is 0 Å². The van der Waals surface area contributed by atoms with Crippen LogP contribution in [0.25, 0.3) is 0 Å². The number of aromatic nitrogens is 2. The number of halogens is 3. The van der Waals surface area contributed by atoms with Gasteiger partial charge in [-0.25, -0.2) is 9.38 Å². The predicted octanol–water partition coefficient (Wildman–Crippen LogP) is 5.31. The van der Waals surface area contributed by atoms with Crippen molar-refractivity contribution in [2.75, 3.05) is 0 Å². The number of benzene rings is 2. The molecule has 8 heteroatoms. The molecule has 0 saturated carbocycles. The molecule has 0 unspecified atom stereocenters. The van der Waals surface area contributed by atoms with Crippen molar-refractivity contribution in [2.45, 2.75) is 6.61 Å². The highest BCUT2D eigenvalue weighted by Crippen LogP contribution is 2.29. The molecule has 0 aliphatic carbocycles. The lowest BCUT2D eigenvalue weighted by molar-refractivity contribution is 0.305. The highest BCUT2D eigenvalue weighted by molar-refractivity contribution is 7.14. The summed E-state index contributed by atoms with van der Waals surface area (Å²) >= 11 is 13.2. The molecule has 1 aromatic heterocycles. The van der Waals surface area contributed by atoms with Gasteiger partial charge in [0.15, 0.2) is 5.01 Å². The van der Waals surface area contributed by atoms with Gasteiger partial charge in [0, 0.05) is 11.2 Å². The van der Waals surface area contributed by atoms with Crippen LogP contribution in [-0.2, 0) is 6.61 Å². The van der Waals surface area contributed by atoms with Crippen molar-refractivity contribution in [3.8, 4) is 5.75 Å². The highest BCUT2D eigenvalue weighted by atomic mass is 35.5. The van der Waals surface area contributed by atoms with Gasteiger partial charge in [-0.05, 0) is 35.9 Å². The molecule has 0 bridgehead atoms. The summed E-state index contributed by atoms with van der Waals surface area (Å²) in [6.45, 7) is 0.227. The van der Waals surface area contributed by atoms with E-state index in [1.165, 1.54) is 23.5 Å². The highest BCUT2D eigenvalue weighted by Gasteiger charge is 2.06. The van der Waals surface area contributed by atoms with Gasteiger partial charge >= 0.3 is 0 Å². The second-order valence-electron chi connectivity index (χ2n) is 4.65. The number of nitrogens with zero attached hydrogens (tertiary/aromatic N) is 3. The molecule has 122 valence electrons. The summed E-state index contributed by atoms with van der Waals surface area (Å²) < 4.78 is 18.4. The average Bonchev–Trinajstić information content (AvgIpc) is 3.01. The molecule has 0 amide bonds. The quantitative estimate of drug-likeness (QED) is 0.562. The zero-order valence-corrected chi connectivity index (χ0v) is 14.4. The standard InChI is InChI=1S/C16H10Cl2FN3OS/c17-11-3-6-14(13(18)7-11)23-9-15-21-22-16(24-15)20-8-10-1-4-12(19)5-2-10/h1-8H,9H2. The lowest BCUT2D eigenvalue weighted by atomic mass is 10.2. The van der Waals surface area contributed by atoms with Gasteiger partial charge in [0.25, 0.3) is 0 Å². The van der Waals surface area contributed by atoms with Gasteiger partial charge in [0.05, 0.1) is 5.02 Å². The van der Waals surface area contributed by atoms with E-state index in [-0.39, 0.29) is 12.4 Å². The van der Waals surface area contributed by atoms with Gasteiger partial charge in [-0.1, -0.05) is 46.7 Å². The van der Waals surface area contributed by atoms with Crippen LogP contribution >= 0.6 is 34.5 Å². The van der Waals surface area contributed by atoms with Crippen LogP contribution in [0, 0.1) is 5.82 Å². The van der Waals surface area contributed by atoms with E-state index in [2.05, 4.69) is 15.2 Å². The Morgan fingerprint density at radius 1 is 1.12 bits per heavy atom. The van der Waals surface area contributed by atoms with Crippen molar-refractivity contribution in [3.05, 3.63) is 68.9 Å². The van der Waals surface area contributed by atoms with Crippen LogP contribution in [0.3, 0.4) is 0 Å². The molecule has 0 atom stereocenters. The Labute approximate surface area is 151 Å². The van der Waals surface area contributed by atoms with Gasteiger partial charge in [-0.15, -0.1) is 10.2 Å². The third kappa shape index (κ3) is 4.50. The normalized spacial score (nSPS) is 11.1.